The maximum Gasteiger partial charge on any atom is 0.347 e. The first-order chi connectivity index (χ1) is 9.22. The minimum atomic E-state index is -0.340. The highest BCUT2D eigenvalue weighted by Gasteiger charge is 2.07. The number of amides is 1. The van der Waals surface area contributed by atoms with Gasteiger partial charge in [-0.15, -0.1) is 0 Å². The van der Waals surface area contributed by atoms with Crippen LogP contribution in [0.25, 0.3) is 5.65 Å². The number of H-pyrrole nitrogens is 1. The highest BCUT2D eigenvalue weighted by molar-refractivity contribution is 5.94. The van der Waals surface area contributed by atoms with E-state index in [1.165, 1.54) is 23.4 Å². The lowest BCUT2D eigenvalue weighted by Gasteiger charge is -2.05. The summed E-state index contributed by atoms with van der Waals surface area (Å²) in [6, 6.07) is 3.31. The minimum absolute atomic E-state index is 0.161. The van der Waals surface area contributed by atoms with Gasteiger partial charge in [0.05, 0.1) is 5.56 Å². The molecular weight excluding hydrogens is 244 g/mol. The number of aromatic nitrogens is 3. The fraction of sp³-hybridized carbons (Fsp3) is 0.462. The van der Waals surface area contributed by atoms with Crippen molar-refractivity contribution in [2.75, 3.05) is 6.54 Å². The lowest BCUT2D eigenvalue weighted by Crippen LogP contribution is -2.25. The maximum absolute atomic E-state index is 11.9. The second-order valence-corrected chi connectivity index (χ2v) is 4.49. The van der Waals surface area contributed by atoms with E-state index in [1.54, 1.807) is 12.1 Å². The molecule has 2 rings (SSSR count). The summed E-state index contributed by atoms with van der Waals surface area (Å²) in [4.78, 5) is 23.3. The first kappa shape index (κ1) is 13.3. The number of aromatic amines is 1. The molecule has 6 nitrogen and oxygen atoms in total. The van der Waals surface area contributed by atoms with Gasteiger partial charge in [-0.3, -0.25) is 4.79 Å². The zero-order valence-electron chi connectivity index (χ0n) is 11.0. The van der Waals surface area contributed by atoms with E-state index in [9.17, 15) is 9.59 Å². The Labute approximate surface area is 110 Å². The SMILES string of the molecule is CCCCCCNC(=O)c1ccc2n[nH]c(=O)n2c1. The third-order valence-corrected chi connectivity index (χ3v) is 2.99. The van der Waals surface area contributed by atoms with Crippen molar-refractivity contribution in [3.8, 4) is 0 Å². The predicted octanol–water partition coefficient (Wildman–Crippen LogP) is 1.33. The standard InChI is InChI=1S/C13H18N4O2/c1-2-3-4-5-8-14-12(18)10-6-7-11-15-16-13(19)17(11)9-10/h6-7,9H,2-5,8H2,1H3,(H,14,18)(H,16,19). The van der Waals surface area contributed by atoms with E-state index in [-0.39, 0.29) is 11.6 Å². The largest absolute Gasteiger partial charge is 0.352 e. The van der Waals surface area contributed by atoms with Crippen LogP contribution in [0.15, 0.2) is 23.1 Å². The van der Waals surface area contributed by atoms with Crippen molar-refractivity contribution in [3.63, 3.8) is 0 Å². The van der Waals surface area contributed by atoms with Crippen LogP contribution in [0.2, 0.25) is 0 Å². The highest BCUT2D eigenvalue weighted by Crippen LogP contribution is 2.02. The van der Waals surface area contributed by atoms with Gasteiger partial charge >= 0.3 is 5.69 Å². The molecule has 2 aromatic rings. The van der Waals surface area contributed by atoms with E-state index in [2.05, 4.69) is 22.4 Å². The first-order valence-electron chi connectivity index (χ1n) is 6.57. The molecule has 0 spiro atoms. The van der Waals surface area contributed by atoms with E-state index < -0.39 is 0 Å². The molecule has 0 aliphatic rings. The van der Waals surface area contributed by atoms with Crippen LogP contribution in [0, 0.1) is 0 Å². The summed E-state index contributed by atoms with van der Waals surface area (Å²) in [5, 5.41) is 8.99. The number of nitrogens with zero attached hydrogens (tertiary/aromatic N) is 2. The van der Waals surface area contributed by atoms with Crippen LogP contribution in [0.1, 0.15) is 43.0 Å². The van der Waals surface area contributed by atoms with Gasteiger partial charge in [0.25, 0.3) is 5.91 Å². The third kappa shape index (κ3) is 3.21. The van der Waals surface area contributed by atoms with Gasteiger partial charge in [-0.1, -0.05) is 26.2 Å². The van der Waals surface area contributed by atoms with Crippen molar-refractivity contribution in [1.82, 2.24) is 19.9 Å². The van der Waals surface area contributed by atoms with Crippen molar-refractivity contribution < 1.29 is 4.79 Å². The zero-order valence-corrected chi connectivity index (χ0v) is 11.0. The Bertz CT molecular complexity index is 614. The van der Waals surface area contributed by atoms with Gasteiger partial charge in [-0.05, 0) is 18.6 Å². The van der Waals surface area contributed by atoms with E-state index in [0.717, 1.165) is 12.8 Å². The molecular formula is C13H18N4O2. The smallest absolute Gasteiger partial charge is 0.347 e. The van der Waals surface area contributed by atoms with Crippen molar-refractivity contribution in [2.45, 2.75) is 32.6 Å². The summed E-state index contributed by atoms with van der Waals surface area (Å²) < 4.78 is 1.33. The number of carbonyl (C=O) groups is 1. The molecule has 0 aliphatic heterocycles. The fourth-order valence-electron chi connectivity index (χ4n) is 1.90. The summed E-state index contributed by atoms with van der Waals surface area (Å²) in [6.45, 7) is 2.81. The topological polar surface area (TPSA) is 79.3 Å². The molecule has 6 heteroatoms. The van der Waals surface area contributed by atoms with E-state index in [4.69, 9.17) is 0 Å². The molecule has 0 saturated carbocycles. The molecule has 1 amide bonds. The van der Waals surface area contributed by atoms with Crippen molar-refractivity contribution >= 4 is 11.6 Å². The molecule has 2 aromatic heterocycles. The number of hydrogen-bond acceptors (Lipinski definition) is 3. The third-order valence-electron chi connectivity index (χ3n) is 2.99. The fourth-order valence-corrected chi connectivity index (χ4v) is 1.90. The Morgan fingerprint density at radius 1 is 1.37 bits per heavy atom. The van der Waals surface area contributed by atoms with Crippen molar-refractivity contribution in [2.24, 2.45) is 0 Å². The molecule has 0 saturated heterocycles. The van der Waals surface area contributed by atoms with Crippen molar-refractivity contribution in [3.05, 3.63) is 34.4 Å². The normalized spacial score (nSPS) is 10.8. The van der Waals surface area contributed by atoms with Crippen LogP contribution in [0.4, 0.5) is 0 Å². The highest BCUT2D eigenvalue weighted by atomic mass is 16.2. The number of unbranched alkanes of at least 4 members (excludes halogenated alkanes) is 3. The van der Waals surface area contributed by atoms with Crippen LogP contribution < -0.4 is 11.0 Å². The average molecular weight is 262 g/mol. The summed E-state index contributed by atoms with van der Waals surface area (Å²) in [7, 11) is 0. The molecule has 2 N–H and O–H groups in total. The van der Waals surface area contributed by atoms with E-state index in [1.807, 2.05) is 0 Å². The number of nitrogens with one attached hydrogen (secondary N) is 2. The minimum Gasteiger partial charge on any atom is -0.352 e. The Hall–Kier alpha value is -2.11. The Morgan fingerprint density at radius 3 is 3.00 bits per heavy atom. The number of carbonyl (C=O) groups excluding carboxylic acids is 1. The maximum atomic E-state index is 11.9. The van der Waals surface area contributed by atoms with Gasteiger partial charge in [0, 0.05) is 12.7 Å². The molecule has 0 unspecified atom stereocenters. The Balaban J connectivity index is 1.97. The molecule has 0 radical (unpaired) electrons. The summed E-state index contributed by atoms with van der Waals surface area (Å²) in [5.41, 5.74) is 0.628. The summed E-state index contributed by atoms with van der Waals surface area (Å²) >= 11 is 0. The van der Waals surface area contributed by atoms with Gasteiger partial charge in [-0.25, -0.2) is 14.3 Å². The van der Waals surface area contributed by atoms with Crippen LogP contribution in [0.5, 0.6) is 0 Å². The van der Waals surface area contributed by atoms with Gasteiger partial charge < -0.3 is 5.32 Å². The zero-order chi connectivity index (χ0) is 13.7. The van der Waals surface area contributed by atoms with Gasteiger partial charge in [0.2, 0.25) is 0 Å². The molecule has 0 atom stereocenters. The molecule has 102 valence electrons. The second kappa shape index (κ2) is 6.17. The number of fused-ring (bicyclic) bond motifs is 1. The van der Waals surface area contributed by atoms with Crippen LogP contribution in [-0.4, -0.2) is 27.0 Å². The van der Waals surface area contributed by atoms with E-state index >= 15 is 0 Å². The van der Waals surface area contributed by atoms with Crippen LogP contribution in [0.3, 0.4) is 0 Å². The van der Waals surface area contributed by atoms with Crippen molar-refractivity contribution in [1.29, 1.82) is 0 Å². The molecule has 2 heterocycles. The molecule has 0 fully saturated rings. The predicted molar refractivity (Wildman–Crippen MR) is 72.3 cm³/mol. The Kier molecular flexibility index (Phi) is 4.33. The number of hydrogen-bond donors (Lipinski definition) is 2. The quantitative estimate of drug-likeness (QED) is 0.771. The Morgan fingerprint density at radius 2 is 2.21 bits per heavy atom. The van der Waals surface area contributed by atoms with Gasteiger partial charge in [-0.2, -0.15) is 5.10 Å². The number of rotatable bonds is 6. The number of pyridine rings is 1. The second-order valence-electron chi connectivity index (χ2n) is 4.49. The lowest BCUT2D eigenvalue weighted by atomic mass is 10.2. The molecule has 0 aromatic carbocycles. The average Bonchev–Trinajstić information content (AvgIpc) is 2.79. The van der Waals surface area contributed by atoms with Crippen LogP contribution in [-0.2, 0) is 0 Å². The first-order valence-corrected chi connectivity index (χ1v) is 6.57. The summed E-state index contributed by atoms with van der Waals surface area (Å²) in [5.74, 6) is -0.161. The van der Waals surface area contributed by atoms with Gasteiger partial charge in [0.1, 0.15) is 0 Å². The summed E-state index contributed by atoms with van der Waals surface area (Å²) in [6.07, 6.45) is 5.97. The monoisotopic (exact) mass is 262 g/mol. The van der Waals surface area contributed by atoms with E-state index in [0.29, 0.717) is 17.8 Å². The molecule has 0 bridgehead atoms. The van der Waals surface area contributed by atoms with Gasteiger partial charge in [0.15, 0.2) is 5.65 Å². The molecule has 0 aliphatic carbocycles. The molecule has 19 heavy (non-hydrogen) atoms. The lowest BCUT2D eigenvalue weighted by molar-refractivity contribution is 0.0952. The van der Waals surface area contributed by atoms with Crippen LogP contribution >= 0.6 is 0 Å².